The van der Waals surface area contributed by atoms with Crippen LogP contribution in [0.25, 0.3) is 0 Å². The largest absolute Gasteiger partial charge is 0.475 e. The van der Waals surface area contributed by atoms with Gasteiger partial charge < -0.3 is 20.4 Å². The van der Waals surface area contributed by atoms with Gasteiger partial charge in [0, 0.05) is 12.8 Å². The zero-order chi connectivity index (χ0) is 12.0. The molecule has 0 saturated carbocycles. The van der Waals surface area contributed by atoms with E-state index < -0.39 is 0 Å². The van der Waals surface area contributed by atoms with Gasteiger partial charge in [-0.05, 0) is 19.1 Å². The van der Waals surface area contributed by atoms with Crippen LogP contribution in [-0.4, -0.2) is 36.4 Å². The standard InChI is InChI=1S/C10H15N3O3/c1-7-3-4-8(9(11)13-14)10(12-7)16-6-5-15-2/h3-4,14H,5-6H2,1-2H3,(H2,11,13). The third-order valence-corrected chi connectivity index (χ3v) is 1.91. The van der Waals surface area contributed by atoms with E-state index in [9.17, 15) is 0 Å². The Morgan fingerprint density at radius 2 is 2.25 bits per heavy atom. The van der Waals surface area contributed by atoms with Crippen LogP contribution in [0.3, 0.4) is 0 Å². The number of rotatable bonds is 5. The Hall–Kier alpha value is -1.82. The van der Waals surface area contributed by atoms with Crippen molar-refractivity contribution in [3.63, 3.8) is 0 Å². The molecule has 0 saturated heterocycles. The number of nitrogens with two attached hydrogens (primary N) is 1. The summed E-state index contributed by atoms with van der Waals surface area (Å²) in [4.78, 5) is 4.16. The van der Waals surface area contributed by atoms with E-state index in [0.29, 0.717) is 24.7 Å². The number of ether oxygens (including phenoxy) is 2. The molecule has 6 heteroatoms. The topological polar surface area (TPSA) is 90.0 Å². The van der Waals surface area contributed by atoms with Crippen molar-refractivity contribution in [2.24, 2.45) is 10.9 Å². The maximum absolute atomic E-state index is 8.61. The van der Waals surface area contributed by atoms with Crippen LogP contribution < -0.4 is 10.5 Å². The SMILES string of the molecule is COCCOc1nc(C)ccc1C(N)=NO. The van der Waals surface area contributed by atoms with Crippen LogP contribution in [0.5, 0.6) is 5.88 Å². The highest BCUT2D eigenvalue weighted by atomic mass is 16.5. The first-order valence-electron chi connectivity index (χ1n) is 4.76. The predicted octanol–water partition coefficient (Wildman–Crippen LogP) is 0.510. The molecule has 0 bridgehead atoms. The fourth-order valence-corrected chi connectivity index (χ4v) is 1.11. The number of amidine groups is 1. The Morgan fingerprint density at radius 3 is 2.88 bits per heavy atom. The van der Waals surface area contributed by atoms with E-state index in [1.807, 2.05) is 6.92 Å². The van der Waals surface area contributed by atoms with Crippen LogP contribution >= 0.6 is 0 Å². The third-order valence-electron chi connectivity index (χ3n) is 1.91. The van der Waals surface area contributed by atoms with Crippen molar-refractivity contribution < 1.29 is 14.7 Å². The minimum absolute atomic E-state index is 0.0279. The zero-order valence-electron chi connectivity index (χ0n) is 9.30. The second kappa shape index (κ2) is 5.92. The Kier molecular flexibility index (Phi) is 4.53. The van der Waals surface area contributed by atoms with E-state index in [1.165, 1.54) is 0 Å². The quantitative estimate of drug-likeness (QED) is 0.250. The second-order valence-electron chi connectivity index (χ2n) is 3.13. The van der Waals surface area contributed by atoms with Crippen LogP contribution in [-0.2, 0) is 4.74 Å². The molecule has 1 aromatic heterocycles. The van der Waals surface area contributed by atoms with E-state index in [-0.39, 0.29) is 5.84 Å². The summed E-state index contributed by atoms with van der Waals surface area (Å²) in [6.45, 7) is 2.64. The lowest BCUT2D eigenvalue weighted by Gasteiger charge is -2.09. The summed E-state index contributed by atoms with van der Waals surface area (Å²) >= 11 is 0. The molecule has 0 amide bonds. The van der Waals surface area contributed by atoms with E-state index in [1.54, 1.807) is 19.2 Å². The highest BCUT2D eigenvalue weighted by Gasteiger charge is 2.10. The van der Waals surface area contributed by atoms with Gasteiger partial charge in [-0.2, -0.15) is 0 Å². The molecule has 0 aliphatic heterocycles. The number of hydrogen-bond acceptors (Lipinski definition) is 5. The normalized spacial score (nSPS) is 11.5. The van der Waals surface area contributed by atoms with Crippen LogP contribution in [0.4, 0.5) is 0 Å². The molecule has 88 valence electrons. The average molecular weight is 225 g/mol. The molecule has 0 aliphatic rings. The lowest BCUT2D eigenvalue weighted by atomic mass is 10.2. The molecule has 0 aliphatic carbocycles. The Morgan fingerprint density at radius 1 is 1.50 bits per heavy atom. The van der Waals surface area contributed by atoms with Crippen molar-refractivity contribution in [1.82, 2.24) is 4.98 Å². The Balaban J connectivity index is 2.90. The number of aromatic nitrogens is 1. The summed E-state index contributed by atoms with van der Waals surface area (Å²) < 4.78 is 10.2. The molecular weight excluding hydrogens is 210 g/mol. The van der Waals surface area contributed by atoms with Crippen molar-refractivity contribution in [3.05, 3.63) is 23.4 Å². The lowest BCUT2D eigenvalue weighted by Crippen LogP contribution is -2.17. The van der Waals surface area contributed by atoms with Gasteiger partial charge in [0.1, 0.15) is 6.61 Å². The van der Waals surface area contributed by atoms with Crippen LogP contribution in [0.2, 0.25) is 0 Å². The van der Waals surface area contributed by atoms with E-state index >= 15 is 0 Å². The summed E-state index contributed by atoms with van der Waals surface area (Å²) in [5.74, 6) is 0.312. The highest BCUT2D eigenvalue weighted by molar-refractivity contribution is 5.99. The van der Waals surface area contributed by atoms with Gasteiger partial charge in [0.05, 0.1) is 12.2 Å². The maximum atomic E-state index is 8.61. The summed E-state index contributed by atoms with van der Waals surface area (Å²) in [6, 6.07) is 3.45. The minimum Gasteiger partial charge on any atom is -0.475 e. The monoisotopic (exact) mass is 225 g/mol. The summed E-state index contributed by atoms with van der Waals surface area (Å²) in [5, 5.41) is 11.5. The van der Waals surface area contributed by atoms with Gasteiger partial charge in [0.2, 0.25) is 5.88 Å². The van der Waals surface area contributed by atoms with Gasteiger partial charge in [-0.15, -0.1) is 0 Å². The molecule has 0 fully saturated rings. The van der Waals surface area contributed by atoms with Crippen molar-refractivity contribution in [3.8, 4) is 5.88 Å². The van der Waals surface area contributed by atoms with Crippen LogP contribution in [0.15, 0.2) is 17.3 Å². The molecule has 1 heterocycles. The molecule has 0 aromatic carbocycles. The Bertz CT molecular complexity index is 380. The predicted molar refractivity (Wildman–Crippen MR) is 58.9 cm³/mol. The van der Waals surface area contributed by atoms with Crippen molar-refractivity contribution in [2.45, 2.75) is 6.92 Å². The molecule has 0 radical (unpaired) electrons. The Labute approximate surface area is 93.7 Å². The van der Waals surface area contributed by atoms with Crippen molar-refractivity contribution in [2.75, 3.05) is 20.3 Å². The second-order valence-corrected chi connectivity index (χ2v) is 3.13. The highest BCUT2D eigenvalue weighted by Crippen LogP contribution is 2.15. The summed E-state index contributed by atoms with van der Waals surface area (Å²) in [7, 11) is 1.58. The van der Waals surface area contributed by atoms with Gasteiger partial charge in [0.15, 0.2) is 5.84 Å². The third kappa shape index (κ3) is 3.09. The molecule has 0 spiro atoms. The maximum Gasteiger partial charge on any atom is 0.224 e. The number of nitrogens with zero attached hydrogens (tertiary/aromatic N) is 2. The first-order chi connectivity index (χ1) is 7.69. The van der Waals surface area contributed by atoms with Gasteiger partial charge >= 0.3 is 0 Å². The number of hydrogen-bond donors (Lipinski definition) is 2. The van der Waals surface area contributed by atoms with Gasteiger partial charge in [-0.1, -0.05) is 5.16 Å². The average Bonchev–Trinajstić information content (AvgIpc) is 2.29. The molecule has 1 aromatic rings. The van der Waals surface area contributed by atoms with Gasteiger partial charge in [0.25, 0.3) is 0 Å². The van der Waals surface area contributed by atoms with E-state index in [0.717, 1.165) is 5.69 Å². The van der Waals surface area contributed by atoms with Crippen LogP contribution in [0, 0.1) is 6.92 Å². The number of methoxy groups -OCH3 is 1. The molecule has 1 rings (SSSR count). The molecular formula is C10H15N3O3. The minimum atomic E-state index is -0.0279. The van der Waals surface area contributed by atoms with E-state index in [4.69, 9.17) is 20.4 Å². The lowest BCUT2D eigenvalue weighted by molar-refractivity contribution is 0.143. The van der Waals surface area contributed by atoms with Gasteiger partial charge in [-0.25, -0.2) is 4.98 Å². The smallest absolute Gasteiger partial charge is 0.224 e. The van der Waals surface area contributed by atoms with Crippen molar-refractivity contribution in [1.29, 1.82) is 0 Å². The molecule has 6 nitrogen and oxygen atoms in total. The first kappa shape index (κ1) is 12.3. The van der Waals surface area contributed by atoms with Gasteiger partial charge in [-0.3, -0.25) is 0 Å². The first-order valence-corrected chi connectivity index (χ1v) is 4.76. The van der Waals surface area contributed by atoms with Crippen LogP contribution in [0.1, 0.15) is 11.3 Å². The van der Waals surface area contributed by atoms with Crippen molar-refractivity contribution >= 4 is 5.84 Å². The number of pyridine rings is 1. The molecule has 3 N–H and O–H groups in total. The fourth-order valence-electron chi connectivity index (χ4n) is 1.11. The molecule has 0 atom stereocenters. The number of aryl methyl sites for hydroxylation is 1. The van der Waals surface area contributed by atoms with E-state index in [2.05, 4.69) is 10.1 Å². The summed E-state index contributed by atoms with van der Waals surface area (Å²) in [5.41, 5.74) is 6.75. The molecule has 16 heavy (non-hydrogen) atoms. The zero-order valence-corrected chi connectivity index (χ0v) is 9.30. The number of oxime groups is 1. The molecule has 0 unspecified atom stereocenters. The summed E-state index contributed by atoms with van der Waals surface area (Å²) in [6.07, 6.45) is 0. The fraction of sp³-hybridized carbons (Fsp3) is 0.400.